The molecule has 2 heterocycles. The lowest BCUT2D eigenvalue weighted by Crippen LogP contribution is -2.00. The third-order valence-electron chi connectivity index (χ3n) is 8.73. The molecule has 0 aliphatic carbocycles. The highest BCUT2D eigenvalue weighted by atomic mass is 16.3. The molecule has 9 rings (SSSR count). The molecule has 220 valence electrons. The van der Waals surface area contributed by atoms with Crippen LogP contribution in [0.4, 0.5) is 0 Å². The number of hydrogen-bond donors (Lipinski definition) is 0. The largest absolute Gasteiger partial charge is 0.455 e. The normalized spacial score (nSPS) is 11.4. The Bertz CT molecular complexity index is 2510. The topological polar surface area (TPSA) is 51.8 Å². The minimum absolute atomic E-state index is 0.639. The molecule has 0 aliphatic heterocycles. The van der Waals surface area contributed by atoms with E-state index in [0.717, 1.165) is 66.1 Å². The number of nitrogens with zero attached hydrogens (tertiary/aromatic N) is 3. The van der Waals surface area contributed by atoms with Crippen LogP contribution in [0.3, 0.4) is 0 Å². The molecule has 0 amide bonds. The van der Waals surface area contributed by atoms with E-state index in [1.54, 1.807) is 0 Å². The van der Waals surface area contributed by atoms with E-state index < -0.39 is 0 Å². The minimum Gasteiger partial charge on any atom is -0.455 e. The number of furan rings is 1. The highest BCUT2D eigenvalue weighted by Crippen LogP contribution is 2.38. The van der Waals surface area contributed by atoms with Crippen molar-refractivity contribution in [1.82, 2.24) is 15.0 Å². The molecule has 0 N–H and O–H groups in total. The van der Waals surface area contributed by atoms with Crippen LogP contribution in [0.2, 0.25) is 0 Å². The maximum Gasteiger partial charge on any atom is 0.164 e. The summed E-state index contributed by atoms with van der Waals surface area (Å²) in [6.07, 6.45) is 0. The van der Waals surface area contributed by atoms with Gasteiger partial charge >= 0.3 is 0 Å². The third kappa shape index (κ3) is 4.84. The molecule has 2 aromatic heterocycles. The summed E-state index contributed by atoms with van der Waals surface area (Å²) in [7, 11) is 0. The Morgan fingerprint density at radius 3 is 1.49 bits per heavy atom. The van der Waals surface area contributed by atoms with E-state index in [2.05, 4.69) is 91.0 Å². The maximum atomic E-state index is 6.36. The Labute approximate surface area is 271 Å². The first-order valence-electron chi connectivity index (χ1n) is 15.7. The first-order chi connectivity index (χ1) is 23.3. The van der Waals surface area contributed by atoms with Crippen LogP contribution >= 0.6 is 0 Å². The molecular weight excluding hydrogens is 574 g/mol. The van der Waals surface area contributed by atoms with Crippen molar-refractivity contribution < 1.29 is 4.42 Å². The van der Waals surface area contributed by atoms with E-state index in [-0.39, 0.29) is 0 Å². The molecule has 47 heavy (non-hydrogen) atoms. The molecule has 0 atom stereocenters. The Balaban J connectivity index is 1.14. The van der Waals surface area contributed by atoms with E-state index in [9.17, 15) is 0 Å². The van der Waals surface area contributed by atoms with Gasteiger partial charge in [0.25, 0.3) is 0 Å². The standard InChI is InChI=1S/C43H27N3O/c1-3-12-28(13-4-1)41-44-42(29-14-5-2-6-15-29)46-43(45-41)33-19-10-17-31(27-33)30-16-9-18-32(26-30)34-21-11-22-37-35(34)24-25-38-36-20-7-8-23-39(36)47-40(37)38/h1-27H. The molecule has 4 heteroatoms. The molecule has 0 bridgehead atoms. The highest BCUT2D eigenvalue weighted by Gasteiger charge is 2.15. The fourth-order valence-electron chi connectivity index (χ4n) is 6.43. The van der Waals surface area contributed by atoms with Crippen LogP contribution in [-0.2, 0) is 0 Å². The molecule has 0 spiro atoms. The number of aromatic nitrogens is 3. The van der Waals surface area contributed by atoms with Crippen molar-refractivity contribution in [2.45, 2.75) is 0 Å². The van der Waals surface area contributed by atoms with Gasteiger partial charge in [-0.15, -0.1) is 0 Å². The number of hydrogen-bond acceptors (Lipinski definition) is 4. The molecule has 0 fully saturated rings. The van der Waals surface area contributed by atoms with E-state index in [0.29, 0.717) is 17.5 Å². The zero-order chi connectivity index (χ0) is 31.2. The van der Waals surface area contributed by atoms with Gasteiger partial charge in [-0.2, -0.15) is 0 Å². The van der Waals surface area contributed by atoms with Gasteiger partial charge in [-0.25, -0.2) is 15.0 Å². The summed E-state index contributed by atoms with van der Waals surface area (Å²) < 4.78 is 6.36. The van der Waals surface area contributed by atoms with Gasteiger partial charge in [0.05, 0.1) is 0 Å². The average Bonchev–Trinajstić information content (AvgIpc) is 3.55. The van der Waals surface area contributed by atoms with Crippen LogP contribution in [-0.4, -0.2) is 15.0 Å². The van der Waals surface area contributed by atoms with Gasteiger partial charge in [0.15, 0.2) is 17.5 Å². The minimum atomic E-state index is 0.639. The first-order valence-corrected chi connectivity index (χ1v) is 15.7. The SMILES string of the molecule is c1ccc(-c2nc(-c3ccccc3)nc(-c3cccc(-c4cccc(-c5cccc6c5ccc5c7ccccc7oc65)c4)c3)n2)cc1. The Morgan fingerprint density at radius 1 is 0.319 bits per heavy atom. The van der Waals surface area contributed by atoms with Gasteiger partial charge in [-0.3, -0.25) is 0 Å². The van der Waals surface area contributed by atoms with Gasteiger partial charge in [0, 0.05) is 32.8 Å². The van der Waals surface area contributed by atoms with Gasteiger partial charge in [0.1, 0.15) is 11.2 Å². The lowest BCUT2D eigenvalue weighted by atomic mass is 9.94. The molecule has 9 aromatic rings. The van der Waals surface area contributed by atoms with E-state index in [4.69, 9.17) is 19.4 Å². The van der Waals surface area contributed by atoms with Crippen LogP contribution < -0.4 is 0 Å². The second-order valence-electron chi connectivity index (χ2n) is 11.6. The van der Waals surface area contributed by atoms with Crippen molar-refractivity contribution in [1.29, 1.82) is 0 Å². The average molecular weight is 602 g/mol. The summed E-state index contributed by atoms with van der Waals surface area (Å²) in [5, 5.41) is 4.56. The van der Waals surface area contributed by atoms with Crippen molar-refractivity contribution in [2.75, 3.05) is 0 Å². The monoisotopic (exact) mass is 601 g/mol. The van der Waals surface area contributed by atoms with Crippen molar-refractivity contribution in [2.24, 2.45) is 0 Å². The number of para-hydroxylation sites is 1. The lowest BCUT2D eigenvalue weighted by molar-refractivity contribution is 0.672. The quantitative estimate of drug-likeness (QED) is 0.197. The Hall–Kier alpha value is -6.39. The van der Waals surface area contributed by atoms with Gasteiger partial charge in [0.2, 0.25) is 0 Å². The Morgan fingerprint density at radius 2 is 0.787 bits per heavy atom. The molecule has 0 aliphatic rings. The third-order valence-corrected chi connectivity index (χ3v) is 8.73. The molecule has 0 radical (unpaired) electrons. The second-order valence-corrected chi connectivity index (χ2v) is 11.6. The van der Waals surface area contributed by atoms with Crippen LogP contribution in [0.25, 0.3) is 89.1 Å². The van der Waals surface area contributed by atoms with Crippen LogP contribution in [0.15, 0.2) is 168 Å². The van der Waals surface area contributed by atoms with Gasteiger partial charge in [-0.05, 0) is 51.9 Å². The summed E-state index contributed by atoms with van der Waals surface area (Å²) in [6.45, 7) is 0. The Kier molecular flexibility index (Phi) is 6.43. The van der Waals surface area contributed by atoms with Gasteiger partial charge < -0.3 is 4.42 Å². The summed E-state index contributed by atoms with van der Waals surface area (Å²) in [4.78, 5) is 14.7. The summed E-state index contributed by atoms with van der Waals surface area (Å²) in [6, 6.07) is 56.4. The summed E-state index contributed by atoms with van der Waals surface area (Å²) in [5.74, 6) is 1.94. The van der Waals surface area contributed by atoms with Gasteiger partial charge in [-0.1, -0.05) is 140 Å². The predicted octanol–water partition coefficient (Wildman–Crippen LogP) is 11.3. The molecule has 4 nitrogen and oxygen atoms in total. The van der Waals surface area contributed by atoms with Crippen molar-refractivity contribution in [3.05, 3.63) is 164 Å². The number of fused-ring (bicyclic) bond motifs is 5. The van der Waals surface area contributed by atoms with E-state index >= 15 is 0 Å². The zero-order valence-electron chi connectivity index (χ0n) is 25.3. The smallest absolute Gasteiger partial charge is 0.164 e. The predicted molar refractivity (Wildman–Crippen MR) is 192 cm³/mol. The number of rotatable bonds is 5. The molecule has 7 aromatic carbocycles. The van der Waals surface area contributed by atoms with Crippen LogP contribution in [0.5, 0.6) is 0 Å². The lowest BCUT2D eigenvalue weighted by Gasteiger charge is -2.11. The first kappa shape index (κ1) is 27.0. The van der Waals surface area contributed by atoms with Crippen molar-refractivity contribution >= 4 is 32.7 Å². The maximum absolute atomic E-state index is 6.36. The van der Waals surface area contributed by atoms with Crippen LogP contribution in [0.1, 0.15) is 0 Å². The fraction of sp³-hybridized carbons (Fsp3) is 0. The molecular formula is C43H27N3O. The van der Waals surface area contributed by atoms with Crippen molar-refractivity contribution in [3.63, 3.8) is 0 Å². The van der Waals surface area contributed by atoms with E-state index in [1.807, 2.05) is 72.8 Å². The zero-order valence-corrected chi connectivity index (χ0v) is 25.3. The molecule has 0 saturated carbocycles. The summed E-state index contributed by atoms with van der Waals surface area (Å²) in [5.41, 5.74) is 9.19. The van der Waals surface area contributed by atoms with Crippen LogP contribution in [0, 0.1) is 0 Å². The second kappa shape index (κ2) is 11.2. The molecule has 0 saturated heterocycles. The summed E-state index contributed by atoms with van der Waals surface area (Å²) >= 11 is 0. The van der Waals surface area contributed by atoms with E-state index in [1.165, 1.54) is 5.56 Å². The number of benzene rings is 7. The molecule has 0 unspecified atom stereocenters. The van der Waals surface area contributed by atoms with Crippen molar-refractivity contribution in [3.8, 4) is 56.4 Å². The highest BCUT2D eigenvalue weighted by molar-refractivity contribution is 6.17. The fourth-order valence-corrected chi connectivity index (χ4v) is 6.43.